The van der Waals surface area contributed by atoms with Crippen LogP contribution in [0.15, 0.2) is 53.4 Å². The standard InChI is InChI=1S/C26H27F3N2O3S/c1-34-21-8-4-2-6-18(21)15-30-24(32)16-31-20-7-3-5-9-22(20)35-23(25(31)33)14-17-10-12-19(13-11-17)26(27,28)29/h2,4,6,8,10-14,20,22H,3,5,7,9,15-16H2,1H3,(H,30,32)/b23-14-. The van der Waals surface area contributed by atoms with E-state index in [9.17, 15) is 22.8 Å². The first-order chi connectivity index (χ1) is 16.8. The summed E-state index contributed by atoms with van der Waals surface area (Å²) in [5, 5.41) is 3.03. The van der Waals surface area contributed by atoms with Gasteiger partial charge in [-0.05, 0) is 42.7 Å². The van der Waals surface area contributed by atoms with Gasteiger partial charge in [-0.25, -0.2) is 0 Å². The van der Waals surface area contributed by atoms with Crippen LogP contribution in [0.5, 0.6) is 5.75 Å². The highest BCUT2D eigenvalue weighted by atomic mass is 32.2. The Kier molecular flexibility index (Phi) is 7.74. The van der Waals surface area contributed by atoms with E-state index < -0.39 is 11.7 Å². The molecule has 2 aromatic rings. The van der Waals surface area contributed by atoms with Crippen LogP contribution >= 0.6 is 11.8 Å². The van der Waals surface area contributed by atoms with Crippen molar-refractivity contribution in [2.75, 3.05) is 13.7 Å². The number of nitrogens with one attached hydrogen (secondary N) is 1. The molecule has 1 aliphatic heterocycles. The topological polar surface area (TPSA) is 58.6 Å². The highest BCUT2D eigenvalue weighted by Crippen LogP contribution is 2.42. The van der Waals surface area contributed by atoms with Gasteiger partial charge in [0.2, 0.25) is 5.91 Å². The SMILES string of the molecule is COc1ccccc1CNC(=O)CN1C(=O)/C(=C/c2ccc(C(F)(F)F)cc2)SC2CCCCC21. The second-order valence-electron chi connectivity index (χ2n) is 8.66. The Balaban J connectivity index is 1.49. The average molecular weight is 505 g/mol. The Bertz CT molecular complexity index is 1100. The van der Waals surface area contributed by atoms with Crippen LogP contribution in [0, 0.1) is 0 Å². The van der Waals surface area contributed by atoms with Gasteiger partial charge in [0, 0.05) is 23.4 Å². The molecule has 2 aromatic carbocycles. The summed E-state index contributed by atoms with van der Waals surface area (Å²) in [6.07, 6.45) is 1.00. The molecular weight excluding hydrogens is 477 g/mol. The highest BCUT2D eigenvalue weighted by Gasteiger charge is 2.41. The lowest BCUT2D eigenvalue weighted by molar-refractivity contribution is -0.137. The summed E-state index contributed by atoms with van der Waals surface area (Å²) in [6, 6.07) is 12.1. The molecule has 186 valence electrons. The van der Waals surface area contributed by atoms with Gasteiger partial charge in [0.05, 0.1) is 17.6 Å². The third kappa shape index (κ3) is 6.01. The largest absolute Gasteiger partial charge is 0.496 e. The molecule has 2 fully saturated rings. The summed E-state index contributed by atoms with van der Waals surface area (Å²) in [5.74, 6) is 0.146. The van der Waals surface area contributed by atoms with E-state index in [-0.39, 0.29) is 36.2 Å². The number of ether oxygens (including phenoxy) is 1. The van der Waals surface area contributed by atoms with Gasteiger partial charge in [0.25, 0.3) is 5.91 Å². The Morgan fingerprint density at radius 3 is 2.57 bits per heavy atom. The normalized spacial score (nSPS) is 21.5. The van der Waals surface area contributed by atoms with Gasteiger partial charge in [0.15, 0.2) is 0 Å². The summed E-state index contributed by atoms with van der Waals surface area (Å²) in [5.41, 5.74) is 0.619. The van der Waals surface area contributed by atoms with Crippen molar-refractivity contribution in [3.8, 4) is 5.75 Å². The van der Waals surface area contributed by atoms with E-state index >= 15 is 0 Å². The molecule has 2 amide bonds. The molecule has 2 aliphatic rings. The molecule has 0 aromatic heterocycles. The molecule has 0 bridgehead atoms. The lowest BCUT2D eigenvalue weighted by Crippen LogP contribution is -2.54. The number of fused-ring (bicyclic) bond motifs is 1. The fourth-order valence-electron chi connectivity index (χ4n) is 4.53. The average Bonchev–Trinajstić information content (AvgIpc) is 2.85. The molecule has 2 atom stereocenters. The molecule has 2 unspecified atom stereocenters. The number of hydrogen-bond acceptors (Lipinski definition) is 4. The monoisotopic (exact) mass is 504 g/mol. The number of benzene rings is 2. The maximum atomic E-state index is 13.4. The number of amides is 2. The summed E-state index contributed by atoms with van der Waals surface area (Å²) >= 11 is 1.47. The van der Waals surface area contributed by atoms with Crippen LogP contribution in [0.3, 0.4) is 0 Å². The number of nitrogens with zero attached hydrogens (tertiary/aromatic N) is 1. The third-order valence-corrected chi connectivity index (χ3v) is 7.74. The Labute approximate surface area is 206 Å². The maximum absolute atomic E-state index is 13.4. The van der Waals surface area contributed by atoms with Crippen LogP contribution in [0.2, 0.25) is 0 Å². The number of carbonyl (C=O) groups is 2. The van der Waals surface area contributed by atoms with E-state index in [1.807, 2.05) is 24.3 Å². The lowest BCUT2D eigenvalue weighted by atomic mass is 9.93. The van der Waals surface area contributed by atoms with Crippen molar-refractivity contribution in [2.45, 2.75) is 49.7 Å². The number of para-hydroxylation sites is 1. The Hall–Kier alpha value is -2.94. The predicted octanol–water partition coefficient (Wildman–Crippen LogP) is 5.26. The Morgan fingerprint density at radius 2 is 1.86 bits per heavy atom. The smallest absolute Gasteiger partial charge is 0.416 e. The van der Waals surface area contributed by atoms with Gasteiger partial charge in [-0.3, -0.25) is 9.59 Å². The van der Waals surface area contributed by atoms with E-state index in [1.165, 1.54) is 23.9 Å². The molecule has 1 saturated carbocycles. The number of thioether (sulfide) groups is 1. The fraction of sp³-hybridized carbons (Fsp3) is 0.385. The highest BCUT2D eigenvalue weighted by molar-refractivity contribution is 8.04. The molecule has 1 N–H and O–H groups in total. The summed E-state index contributed by atoms with van der Waals surface area (Å²) in [6.45, 7) is 0.210. The molecule has 0 spiro atoms. The summed E-state index contributed by atoms with van der Waals surface area (Å²) in [4.78, 5) is 28.3. The second kappa shape index (κ2) is 10.8. The van der Waals surface area contributed by atoms with Gasteiger partial charge in [-0.1, -0.05) is 43.2 Å². The minimum atomic E-state index is -4.41. The predicted molar refractivity (Wildman–Crippen MR) is 130 cm³/mol. The van der Waals surface area contributed by atoms with Crippen LogP contribution < -0.4 is 10.1 Å². The number of methoxy groups -OCH3 is 1. The van der Waals surface area contributed by atoms with E-state index in [2.05, 4.69) is 5.32 Å². The van der Waals surface area contributed by atoms with E-state index in [0.717, 1.165) is 43.4 Å². The lowest BCUT2D eigenvalue weighted by Gasteiger charge is -2.43. The molecular formula is C26H27F3N2O3S. The number of carbonyl (C=O) groups excluding carboxylic acids is 2. The van der Waals surface area contributed by atoms with Crippen molar-refractivity contribution >= 4 is 29.7 Å². The zero-order chi connectivity index (χ0) is 25.0. The van der Waals surface area contributed by atoms with Crippen molar-refractivity contribution in [3.63, 3.8) is 0 Å². The minimum Gasteiger partial charge on any atom is -0.496 e. The quantitative estimate of drug-likeness (QED) is 0.546. The number of hydrogen-bond donors (Lipinski definition) is 1. The van der Waals surface area contributed by atoms with Gasteiger partial charge in [-0.2, -0.15) is 13.2 Å². The molecule has 1 heterocycles. The van der Waals surface area contributed by atoms with Crippen molar-refractivity contribution in [1.82, 2.24) is 10.2 Å². The molecule has 1 saturated heterocycles. The molecule has 9 heteroatoms. The molecule has 5 nitrogen and oxygen atoms in total. The van der Waals surface area contributed by atoms with Gasteiger partial charge in [-0.15, -0.1) is 11.8 Å². The first kappa shape index (κ1) is 25.2. The van der Waals surface area contributed by atoms with E-state index in [4.69, 9.17) is 4.74 Å². The summed E-state index contributed by atoms with van der Waals surface area (Å²) < 4.78 is 44.0. The number of alkyl halides is 3. The van der Waals surface area contributed by atoms with E-state index in [0.29, 0.717) is 16.2 Å². The first-order valence-electron chi connectivity index (χ1n) is 11.5. The Morgan fingerprint density at radius 1 is 1.14 bits per heavy atom. The number of halogens is 3. The molecule has 4 rings (SSSR count). The van der Waals surface area contributed by atoms with Gasteiger partial charge >= 0.3 is 6.18 Å². The molecule has 0 radical (unpaired) electrons. The van der Waals surface area contributed by atoms with Crippen molar-refractivity contribution in [1.29, 1.82) is 0 Å². The van der Waals surface area contributed by atoms with Gasteiger partial charge in [0.1, 0.15) is 12.3 Å². The van der Waals surface area contributed by atoms with Crippen LogP contribution in [-0.4, -0.2) is 41.7 Å². The maximum Gasteiger partial charge on any atom is 0.416 e. The van der Waals surface area contributed by atoms with Crippen molar-refractivity contribution in [3.05, 3.63) is 70.1 Å². The summed E-state index contributed by atoms with van der Waals surface area (Å²) in [7, 11) is 1.57. The van der Waals surface area contributed by atoms with Crippen LogP contribution in [0.4, 0.5) is 13.2 Å². The zero-order valence-electron chi connectivity index (χ0n) is 19.3. The number of rotatable bonds is 6. The zero-order valence-corrected chi connectivity index (χ0v) is 20.1. The van der Waals surface area contributed by atoms with E-state index in [1.54, 1.807) is 18.1 Å². The van der Waals surface area contributed by atoms with Crippen molar-refractivity contribution < 1.29 is 27.5 Å². The fourth-order valence-corrected chi connectivity index (χ4v) is 6.01. The molecule has 1 aliphatic carbocycles. The van der Waals surface area contributed by atoms with Crippen LogP contribution in [0.1, 0.15) is 42.4 Å². The third-order valence-electron chi connectivity index (χ3n) is 6.34. The van der Waals surface area contributed by atoms with Crippen LogP contribution in [-0.2, 0) is 22.3 Å². The first-order valence-corrected chi connectivity index (χ1v) is 12.4. The van der Waals surface area contributed by atoms with Crippen molar-refractivity contribution in [2.24, 2.45) is 0 Å². The molecule has 35 heavy (non-hydrogen) atoms. The second-order valence-corrected chi connectivity index (χ2v) is 9.94. The van der Waals surface area contributed by atoms with Gasteiger partial charge < -0.3 is 15.0 Å². The minimum absolute atomic E-state index is 0.0389. The van der Waals surface area contributed by atoms with Crippen LogP contribution in [0.25, 0.3) is 6.08 Å².